The van der Waals surface area contributed by atoms with E-state index in [1.165, 1.54) is 73.6 Å². The van der Waals surface area contributed by atoms with Crippen molar-refractivity contribution in [3.8, 4) is 11.1 Å². The van der Waals surface area contributed by atoms with Crippen LogP contribution in [0.2, 0.25) is 5.02 Å². The van der Waals surface area contributed by atoms with Gasteiger partial charge in [0.05, 0.1) is 0 Å². The molecule has 0 unspecified atom stereocenters. The zero-order valence-corrected chi connectivity index (χ0v) is 18.9. The van der Waals surface area contributed by atoms with Gasteiger partial charge in [0.2, 0.25) is 0 Å². The molecule has 30 heavy (non-hydrogen) atoms. The van der Waals surface area contributed by atoms with E-state index in [9.17, 15) is 0 Å². The maximum Gasteiger partial charge on any atom is 0.0406 e. The van der Waals surface area contributed by atoms with Gasteiger partial charge >= 0.3 is 0 Å². The molecule has 1 aliphatic rings. The second-order valence-electron chi connectivity index (χ2n) is 8.95. The molecule has 0 nitrogen and oxygen atoms in total. The summed E-state index contributed by atoms with van der Waals surface area (Å²) in [7, 11) is 0. The van der Waals surface area contributed by atoms with Crippen LogP contribution in [0.5, 0.6) is 0 Å². The van der Waals surface area contributed by atoms with Crippen LogP contribution in [0.1, 0.15) is 68.1 Å². The van der Waals surface area contributed by atoms with E-state index in [1.807, 2.05) is 12.1 Å². The fourth-order valence-electron chi connectivity index (χ4n) is 4.91. The molecule has 3 aromatic carbocycles. The van der Waals surface area contributed by atoms with Gasteiger partial charge in [-0.2, -0.15) is 0 Å². The van der Waals surface area contributed by atoms with Crippen LogP contribution >= 0.6 is 11.6 Å². The van der Waals surface area contributed by atoms with Gasteiger partial charge in [-0.3, -0.25) is 0 Å². The first-order chi connectivity index (χ1) is 14.7. The minimum Gasteiger partial charge on any atom is -0.0843 e. The van der Waals surface area contributed by atoms with Gasteiger partial charge in [0.25, 0.3) is 0 Å². The van der Waals surface area contributed by atoms with Gasteiger partial charge in [-0.1, -0.05) is 85.6 Å². The molecule has 0 bridgehead atoms. The molecule has 1 saturated carbocycles. The summed E-state index contributed by atoms with van der Waals surface area (Å²) < 4.78 is 0. The van der Waals surface area contributed by atoms with Gasteiger partial charge in [0.15, 0.2) is 0 Å². The molecule has 3 aromatic rings. The largest absolute Gasteiger partial charge is 0.0843 e. The lowest BCUT2D eigenvalue weighted by atomic mass is 9.77. The monoisotopic (exact) mass is 416 g/mol. The maximum absolute atomic E-state index is 6.00. The first-order valence-corrected chi connectivity index (χ1v) is 12.0. The van der Waals surface area contributed by atoms with Crippen LogP contribution in [0.25, 0.3) is 11.1 Å². The molecule has 1 heteroatoms. The number of aryl methyl sites for hydroxylation is 2. The van der Waals surface area contributed by atoms with Crippen LogP contribution in [0, 0.1) is 5.92 Å². The molecule has 0 amide bonds. The second kappa shape index (κ2) is 10.3. The SMILES string of the molecule is CCCc1ccc(C2CCC(CCc3ccc(-c4ccc(Cl)cc4)cc3)CC2)cc1. The molecular formula is C29H33Cl. The molecule has 0 aliphatic heterocycles. The predicted molar refractivity (Wildman–Crippen MR) is 130 cm³/mol. The molecule has 0 N–H and O–H groups in total. The summed E-state index contributed by atoms with van der Waals surface area (Å²) in [6.45, 7) is 2.25. The van der Waals surface area contributed by atoms with Gasteiger partial charge in [-0.15, -0.1) is 0 Å². The van der Waals surface area contributed by atoms with Crippen molar-refractivity contribution in [3.05, 3.63) is 94.5 Å². The molecule has 4 rings (SSSR count). The summed E-state index contributed by atoms with van der Waals surface area (Å²) in [6, 6.07) is 26.7. The van der Waals surface area contributed by atoms with Crippen molar-refractivity contribution in [2.45, 2.75) is 64.2 Å². The Morgan fingerprint density at radius 3 is 1.80 bits per heavy atom. The molecule has 0 heterocycles. The van der Waals surface area contributed by atoms with E-state index in [0.717, 1.165) is 16.9 Å². The molecule has 0 radical (unpaired) electrons. The summed E-state index contributed by atoms with van der Waals surface area (Å²) in [4.78, 5) is 0. The summed E-state index contributed by atoms with van der Waals surface area (Å²) in [6.07, 6.45) is 10.4. The Morgan fingerprint density at radius 2 is 1.20 bits per heavy atom. The molecule has 0 saturated heterocycles. The van der Waals surface area contributed by atoms with Crippen molar-refractivity contribution in [1.29, 1.82) is 0 Å². The van der Waals surface area contributed by atoms with Crippen molar-refractivity contribution in [1.82, 2.24) is 0 Å². The van der Waals surface area contributed by atoms with Crippen molar-refractivity contribution in [2.24, 2.45) is 5.92 Å². The van der Waals surface area contributed by atoms with Crippen molar-refractivity contribution >= 4 is 11.6 Å². The number of halogens is 1. The first-order valence-electron chi connectivity index (χ1n) is 11.6. The fraction of sp³-hybridized carbons (Fsp3) is 0.379. The minimum atomic E-state index is 0.774. The normalized spacial score (nSPS) is 19.0. The molecule has 0 spiro atoms. The highest BCUT2D eigenvalue weighted by Crippen LogP contribution is 2.37. The van der Waals surface area contributed by atoms with Gasteiger partial charge in [0.1, 0.15) is 0 Å². The predicted octanol–water partition coefficient (Wildman–Crippen LogP) is 8.87. The zero-order chi connectivity index (χ0) is 20.8. The summed E-state index contributed by atoms with van der Waals surface area (Å²) in [5.41, 5.74) is 7.00. The Kier molecular flexibility index (Phi) is 7.28. The van der Waals surface area contributed by atoms with Crippen molar-refractivity contribution in [2.75, 3.05) is 0 Å². The van der Waals surface area contributed by atoms with Crippen LogP contribution in [0.4, 0.5) is 0 Å². The lowest BCUT2D eigenvalue weighted by Gasteiger charge is -2.29. The lowest BCUT2D eigenvalue weighted by molar-refractivity contribution is 0.310. The van der Waals surface area contributed by atoms with Crippen LogP contribution in [0.3, 0.4) is 0 Å². The molecular weight excluding hydrogens is 384 g/mol. The average Bonchev–Trinajstić information content (AvgIpc) is 2.80. The van der Waals surface area contributed by atoms with Gasteiger partial charge in [-0.05, 0) is 96.7 Å². The topological polar surface area (TPSA) is 0 Å². The number of hydrogen-bond donors (Lipinski definition) is 0. The van der Waals surface area contributed by atoms with E-state index in [0.29, 0.717) is 0 Å². The quantitative estimate of drug-likeness (QED) is 0.360. The van der Waals surface area contributed by atoms with E-state index in [-0.39, 0.29) is 0 Å². The second-order valence-corrected chi connectivity index (χ2v) is 9.39. The summed E-state index contributed by atoms with van der Waals surface area (Å²) in [5, 5.41) is 0.790. The van der Waals surface area contributed by atoms with Gasteiger partial charge in [-0.25, -0.2) is 0 Å². The Balaban J connectivity index is 1.25. The molecule has 156 valence electrons. The third-order valence-corrected chi connectivity index (χ3v) is 7.06. The van der Waals surface area contributed by atoms with Crippen molar-refractivity contribution in [3.63, 3.8) is 0 Å². The number of rotatable bonds is 7. The summed E-state index contributed by atoms with van der Waals surface area (Å²) in [5.74, 6) is 1.66. The van der Waals surface area contributed by atoms with Gasteiger partial charge in [0, 0.05) is 5.02 Å². The Labute approximate surface area is 187 Å². The lowest BCUT2D eigenvalue weighted by Crippen LogP contribution is -2.14. The Bertz CT molecular complexity index is 898. The van der Waals surface area contributed by atoms with Gasteiger partial charge < -0.3 is 0 Å². The van der Waals surface area contributed by atoms with E-state index >= 15 is 0 Å². The van der Waals surface area contributed by atoms with Crippen LogP contribution in [-0.2, 0) is 12.8 Å². The molecule has 1 fully saturated rings. The maximum atomic E-state index is 6.00. The fourth-order valence-corrected chi connectivity index (χ4v) is 5.03. The molecule has 1 aliphatic carbocycles. The smallest absolute Gasteiger partial charge is 0.0406 e. The Hall–Kier alpha value is -2.05. The summed E-state index contributed by atoms with van der Waals surface area (Å²) >= 11 is 6.00. The first kappa shape index (κ1) is 21.2. The minimum absolute atomic E-state index is 0.774. The van der Waals surface area contributed by atoms with Crippen LogP contribution in [-0.4, -0.2) is 0 Å². The van der Waals surface area contributed by atoms with E-state index in [1.54, 1.807) is 5.56 Å². The zero-order valence-electron chi connectivity index (χ0n) is 18.1. The third kappa shape index (κ3) is 5.55. The van der Waals surface area contributed by atoms with E-state index in [4.69, 9.17) is 11.6 Å². The number of benzene rings is 3. The highest BCUT2D eigenvalue weighted by Gasteiger charge is 2.22. The number of hydrogen-bond acceptors (Lipinski definition) is 0. The Morgan fingerprint density at radius 1 is 0.667 bits per heavy atom. The highest BCUT2D eigenvalue weighted by atomic mass is 35.5. The van der Waals surface area contributed by atoms with Crippen molar-refractivity contribution < 1.29 is 0 Å². The van der Waals surface area contributed by atoms with Crippen LogP contribution in [0.15, 0.2) is 72.8 Å². The van der Waals surface area contributed by atoms with E-state index in [2.05, 4.69) is 67.6 Å². The molecule has 0 atom stereocenters. The third-order valence-electron chi connectivity index (χ3n) is 6.81. The average molecular weight is 417 g/mol. The highest BCUT2D eigenvalue weighted by molar-refractivity contribution is 6.30. The van der Waals surface area contributed by atoms with E-state index < -0.39 is 0 Å². The molecule has 0 aromatic heterocycles. The standard InChI is InChI=1S/C29H33Cl/c1-2-3-22-6-12-25(13-7-22)26-14-8-23(9-15-26)4-5-24-10-16-27(17-11-24)28-18-20-29(30)21-19-28/h6-7,10-13,16-21,23,26H,2-5,8-9,14-15H2,1H3. The van der Waals surface area contributed by atoms with Crippen LogP contribution < -0.4 is 0 Å².